The fraction of sp³-hybridized carbons (Fsp3) is 0.375. The summed E-state index contributed by atoms with van der Waals surface area (Å²) in [6, 6.07) is 9.29. The largest absolute Gasteiger partial charge is 0.451 e. The summed E-state index contributed by atoms with van der Waals surface area (Å²) in [7, 11) is 0. The lowest BCUT2D eigenvalue weighted by Crippen LogP contribution is -2.32. The molecule has 3 rings (SSSR count). The third-order valence-corrected chi connectivity index (χ3v) is 3.75. The molecule has 1 aromatic heterocycles. The first-order chi connectivity index (χ1) is 11.1. The van der Waals surface area contributed by atoms with Crippen LogP contribution >= 0.6 is 0 Å². The van der Waals surface area contributed by atoms with Gasteiger partial charge in [0.2, 0.25) is 0 Å². The van der Waals surface area contributed by atoms with E-state index < -0.39 is 5.97 Å². The first-order valence-corrected chi connectivity index (χ1v) is 7.59. The number of aryl methyl sites for hydroxylation is 1. The van der Waals surface area contributed by atoms with Gasteiger partial charge >= 0.3 is 5.97 Å². The Kier molecular flexibility index (Phi) is 4.36. The lowest BCUT2D eigenvalue weighted by Gasteiger charge is -2.14. The molecule has 0 unspecified atom stereocenters. The zero-order valence-electron chi connectivity index (χ0n) is 12.9. The fourth-order valence-corrected chi connectivity index (χ4v) is 2.50. The SMILES string of the molecule is Cc1nn(-c2ccccc2)nc1C(=O)OCC(=O)N1CCCC1. The van der Waals surface area contributed by atoms with E-state index in [1.807, 2.05) is 30.3 Å². The number of ether oxygens (including phenoxy) is 1. The van der Waals surface area contributed by atoms with Gasteiger partial charge < -0.3 is 9.64 Å². The summed E-state index contributed by atoms with van der Waals surface area (Å²) in [5.41, 5.74) is 1.35. The van der Waals surface area contributed by atoms with Crippen molar-refractivity contribution in [3.63, 3.8) is 0 Å². The molecule has 0 spiro atoms. The minimum absolute atomic E-state index is 0.128. The number of amides is 1. The van der Waals surface area contributed by atoms with Crippen LogP contribution in [0.1, 0.15) is 29.0 Å². The Morgan fingerprint density at radius 2 is 1.83 bits per heavy atom. The third-order valence-electron chi connectivity index (χ3n) is 3.75. The van der Waals surface area contributed by atoms with E-state index in [4.69, 9.17) is 4.74 Å². The molecule has 1 fully saturated rings. The molecule has 2 heterocycles. The van der Waals surface area contributed by atoms with Crippen LogP contribution in [0.2, 0.25) is 0 Å². The third kappa shape index (κ3) is 3.39. The highest BCUT2D eigenvalue weighted by Crippen LogP contribution is 2.10. The van der Waals surface area contributed by atoms with Gasteiger partial charge in [0.15, 0.2) is 12.3 Å². The normalized spacial score (nSPS) is 14.0. The van der Waals surface area contributed by atoms with Crippen molar-refractivity contribution >= 4 is 11.9 Å². The number of hydrogen-bond acceptors (Lipinski definition) is 5. The number of esters is 1. The molecular weight excluding hydrogens is 296 g/mol. The molecule has 1 aliphatic rings. The summed E-state index contributed by atoms with van der Waals surface area (Å²) < 4.78 is 5.09. The van der Waals surface area contributed by atoms with Crippen molar-refractivity contribution in [3.05, 3.63) is 41.7 Å². The van der Waals surface area contributed by atoms with Gasteiger partial charge in [-0.15, -0.1) is 5.10 Å². The van der Waals surface area contributed by atoms with Gasteiger partial charge in [-0.3, -0.25) is 4.79 Å². The molecule has 7 nitrogen and oxygen atoms in total. The maximum atomic E-state index is 12.1. The number of rotatable bonds is 4. The van der Waals surface area contributed by atoms with Gasteiger partial charge in [0.1, 0.15) is 0 Å². The molecule has 0 saturated carbocycles. The van der Waals surface area contributed by atoms with E-state index in [2.05, 4.69) is 10.2 Å². The van der Waals surface area contributed by atoms with Crippen LogP contribution in [-0.2, 0) is 9.53 Å². The van der Waals surface area contributed by atoms with E-state index in [1.54, 1.807) is 11.8 Å². The van der Waals surface area contributed by atoms with Gasteiger partial charge in [-0.2, -0.15) is 9.90 Å². The van der Waals surface area contributed by atoms with E-state index in [0.29, 0.717) is 5.69 Å². The highest BCUT2D eigenvalue weighted by Gasteiger charge is 2.22. The average Bonchev–Trinajstić information content (AvgIpc) is 3.23. The number of benzene rings is 1. The molecule has 0 bridgehead atoms. The number of carbonyl (C=O) groups is 2. The van der Waals surface area contributed by atoms with Crippen LogP contribution < -0.4 is 0 Å². The molecule has 0 N–H and O–H groups in total. The number of likely N-dealkylation sites (tertiary alicyclic amines) is 1. The fourth-order valence-electron chi connectivity index (χ4n) is 2.50. The van der Waals surface area contributed by atoms with Crippen LogP contribution in [0, 0.1) is 6.92 Å². The summed E-state index contributed by atoms with van der Waals surface area (Å²) >= 11 is 0. The number of aromatic nitrogens is 3. The minimum atomic E-state index is -0.628. The molecule has 1 amide bonds. The Labute approximate surface area is 133 Å². The maximum Gasteiger partial charge on any atom is 0.361 e. The van der Waals surface area contributed by atoms with Crippen molar-refractivity contribution < 1.29 is 14.3 Å². The van der Waals surface area contributed by atoms with Gasteiger partial charge in [0.25, 0.3) is 5.91 Å². The highest BCUT2D eigenvalue weighted by molar-refractivity contribution is 5.90. The van der Waals surface area contributed by atoms with Gasteiger partial charge in [-0.05, 0) is 31.9 Å². The first kappa shape index (κ1) is 15.2. The summed E-state index contributed by atoms with van der Waals surface area (Å²) in [4.78, 5) is 27.1. The number of carbonyl (C=O) groups excluding carboxylic acids is 2. The van der Waals surface area contributed by atoms with Gasteiger partial charge in [0, 0.05) is 13.1 Å². The summed E-state index contributed by atoms with van der Waals surface area (Å²) in [6.45, 7) is 2.90. The summed E-state index contributed by atoms with van der Waals surface area (Å²) in [5, 5.41) is 8.38. The second-order valence-corrected chi connectivity index (χ2v) is 5.42. The van der Waals surface area contributed by atoms with Crippen LogP contribution in [0.5, 0.6) is 0 Å². The molecule has 1 aromatic carbocycles. The molecule has 2 aromatic rings. The van der Waals surface area contributed by atoms with E-state index in [0.717, 1.165) is 31.6 Å². The monoisotopic (exact) mass is 314 g/mol. The highest BCUT2D eigenvalue weighted by atomic mass is 16.5. The van der Waals surface area contributed by atoms with Crippen LogP contribution in [0.3, 0.4) is 0 Å². The van der Waals surface area contributed by atoms with Crippen molar-refractivity contribution in [3.8, 4) is 5.69 Å². The molecule has 23 heavy (non-hydrogen) atoms. The van der Waals surface area contributed by atoms with Gasteiger partial charge in [0.05, 0.1) is 11.4 Å². The molecule has 7 heteroatoms. The topological polar surface area (TPSA) is 77.3 Å². The van der Waals surface area contributed by atoms with Crippen LogP contribution in [0.4, 0.5) is 0 Å². The smallest absolute Gasteiger partial charge is 0.361 e. The van der Waals surface area contributed by atoms with E-state index in [-0.39, 0.29) is 18.2 Å². The summed E-state index contributed by atoms with van der Waals surface area (Å²) in [5.74, 6) is -0.791. The first-order valence-electron chi connectivity index (χ1n) is 7.59. The molecule has 0 atom stereocenters. The van der Waals surface area contributed by atoms with Crippen LogP contribution in [0.15, 0.2) is 30.3 Å². The molecule has 1 saturated heterocycles. The Morgan fingerprint density at radius 1 is 1.13 bits per heavy atom. The number of para-hydroxylation sites is 1. The average molecular weight is 314 g/mol. The standard InChI is InChI=1S/C16H18N4O3/c1-12-15(18-20(17-12)13-7-3-2-4-8-13)16(22)23-11-14(21)19-9-5-6-10-19/h2-4,7-8H,5-6,9-11H2,1H3. The predicted octanol–water partition coefficient (Wildman–Crippen LogP) is 1.35. The zero-order chi connectivity index (χ0) is 16.2. The predicted molar refractivity (Wildman–Crippen MR) is 82.2 cm³/mol. The Morgan fingerprint density at radius 3 is 2.52 bits per heavy atom. The van der Waals surface area contributed by atoms with E-state index >= 15 is 0 Å². The second-order valence-electron chi connectivity index (χ2n) is 5.42. The van der Waals surface area contributed by atoms with E-state index in [1.165, 1.54) is 4.80 Å². The molecular formula is C16H18N4O3. The van der Waals surface area contributed by atoms with Crippen molar-refractivity contribution in [2.24, 2.45) is 0 Å². The lowest BCUT2D eigenvalue weighted by molar-refractivity contribution is -0.133. The van der Waals surface area contributed by atoms with Crippen molar-refractivity contribution in [1.82, 2.24) is 19.9 Å². The zero-order valence-corrected chi connectivity index (χ0v) is 12.9. The molecule has 1 aliphatic heterocycles. The second kappa shape index (κ2) is 6.60. The number of nitrogens with zero attached hydrogens (tertiary/aromatic N) is 4. The molecule has 120 valence electrons. The lowest BCUT2D eigenvalue weighted by atomic mass is 10.3. The number of hydrogen-bond donors (Lipinski definition) is 0. The van der Waals surface area contributed by atoms with Crippen LogP contribution in [-0.4, -0.2) is 51.5 Å². The molecule has 0 aliphatic carbocycles. The van der Waals surface area contributed by atoms with Gasteiger partial charge in [-0.25, -0.2) is 4.79 Å². The minimum Gasteiger partial charge on any atom is -0.451 e. The Hall–Kier alpha value is -2.70. The Bertz CT molecular complexity index is 705. The Balaban J connectivity index is 1.65. The molecule has 0 radical (unpaired) electrons. The van der Waals surface area contributed by atoms with Crippen molar-refractivity contribution in [2.45, 2.75) is 19.8 Å². The van der Waals surface area contributed by atoms with Crippen molar-refractivity contribution in [1.29, 1.82) is 0 Å². The van der Waals surface area contributed by atoms with E-state index in [9.17, 15) is 9.59 Å². The van der Waals surface area contributed by atoms with Gasteiger partial charge in [-0.1, -0.05) is 18.2 Å². The summed E-state index contributed by atoms with van der Waals surface area (Å²) in [6.07, 6.45) is 2.01. The van der Waals surface area contributed by atoms with Crippen LogP contribution in [0.25, 0.3) is 5.69 Å². The quantitative estimate of drug-likeness (QED) is 0.796. The van der Waals surface area contributed by atoms with Crippen molar-refractivity contribution in [2.75, 3.05) is 19.7 Å². The maximum absolute atomic E-state index is 12.1.